The minimum absolute atomic E-state index is 0.0880. The Bertz CT molecular complexity index is 929. The van der Waals surface area contributed by atoms with Gasteiger partial charge < -0.3 is 4.90 Å². The summed E-state index contributed by atoms with van der Waals surface area (Å²) < 4.78 is 0. The molecule has 1 fully saturated rings. The Hall–Kier alpha value is -3.02. The largest absolute Gasteiger partial charge is 0.349 e. The van der Waals surface area contributed by atoms with Crippen LogP contribution >= 0.6 is 0 Å². The highest BCUT2D eigenvalue weighted by molar-refractivity contribution is 5.82. The van der Waals surface area contributed by atoms with E-state index in [0.717, 1.165) is 29.7 Å². The van der Waals surface area contributed by atoms with Crippen molar-refractivity contribution >= 4 is 22.4 Å². The van der Waals surface area contributed by atoms with Crippen LogP contribution in [0.1, 0.15) is 24.9 Å². The first-order chi connectivity index (χ1) is 12.1. The summed E-state index contributed by atoms with van der Waals surface area (Å²) in [7, 11) is 0. The third kappa shape index (κ3) is 2.91. The molecule has 6 heteroatoms. The molecule has 0 bridgehead atoms. The monoisotopic (exact) mass is 334 g/mol. The van der Waals surface area contributed by atoms with Crippen molar-refractivity contribution in [3.8, 4) is 0 Å². The second-order valence-electron chi connectivity index (χ2n) is 6.60. The van der Waals surface area contributed by atoms with Gasteiger partial charge in [-0.1, -0.05) is 13.0 Å². The van der Waals surface area contributed by atoms with Crippen LogP contribution < -0.4 is 4.90 Å². The Kier molecular flexibility index (Phi) is 3.80. The van der Waals surface area contributed by atoms with Gasteiger partial charge in [0.05, 0.1) is 16.5 Å². The van der Waals surface area contributed by atoms with E-state index in [1.54, 1.807) is 18.3 Å². The summed E-state index contributed by atoms with van der Waals surface area (Å²) in [4.78, 5) is 21.9. The van der Waals surface area contributed by atoms with E-state index in [1.165, 1.54) is 11.6 Å². The summed E-state index contributed by atoms with van der Waals surface area (Å²) in [5.74, 6) is 1.47. The van der Waals surface area contributed by atoms with Gasteiger partial charge in [0, 0.05) is 36.5 Å². The minimum Gasteiger partial charge on any atom is -0.349 e. The molecule has 1 aliphatic heterocycles. The first kappa shape index (κ1) is 15.5. The highest BCUT2D eigenvalue weighted by Gasteiger charge is 2.31. The summed E-state index contributed by atoms with van der Waals surface area (Å²) in [5, 5.41) is 11.7. The van der Waals surface area contributed by atoms with Crippen LogP contribution in [0.3, 0.4) is 0 Å². The summed E-state index contributed by atoms with van der Waals surface area (Å²) in [5.41, 5.74) is 2.05. The second-order valence-corrected chi connectivity index (χ2v) is 6.60. The maximum absolute atomic E-state index is 10.9. The fourth-order valence-corrected chi connectivity index (χ4v) is 3.56. The highest BCUT2D eigenvalue weighted by atomic mass is 16.6. The van der Waals surface area contributed by atoms with E-state index >= 15 is 0 Å². The average Bonchev–Trinajstić information content (AvgIpc) is 3.03. The van der Waals surface area contributed by atoms with E-state index in [2.05, 4.69) is 22.9 Å². The number of hydrogen-bond donors (Lipinski definition) is 0. The van der Waals surface area contributed by atoms with Gasteiger partial charge in [0.15, 0.2) is 0 Å². The standard InChI is InChI=1S/C19H18N4O2/c1-13-9-18(15-3-2-8-20-11-15)22(12-13)19-7-4-14-10-16(23(24)25)5-6-17(14)21-19/h2-8,10-11,13,18H,9,12H2,1H3. The van der Waals surface area contributed by atoms with Crippen LogP contribution in [0.15, 0.2) is 54.9 Å². The van der Waals surface area contributed by atoms with Gasteiger partial charge in [-0.25, -0.2) is 4.98 Å². The van der Waals surface area contributed by atoms with Crippen LogP contribution in [0.4, 0.5) is 11.5 Å². The van der Waals surface area contributed by atoms with E-state index in [-0.39, 0.29) is 16.7 Å². The first-order valence-corrected chi connectivity index (χ1v) is 8.33. The topological polar surface area (TPSA) is 72.2 Å². The molecule has 0 saturated carbocycles. The lowest BCUT2D eigenvalue weighted by atomic mass is 10.0. The van der Waals surface area contributed by atoms with Crippen LogP contribution in [0, 0.1) is 16.0 Å². The van der Waals surface area contributed by atoms with Gasteiger partial charge >= 0.3 is 0 Å². The fraction of sp³-hybridized carbons (Fsp3) is 0.263. The predicted molar refractivity (Wildman–Crippen MR) is 96.5 cm³/mol. The highest BCUT2D eigenvalue weighted by Crippen LogP contribution is 2.38. The summed E-state index contributed by atoms with van der Waals surface area (Å²) >= 11 is 0. The number of nitrogens with zero attached hydrogens (tertiary/aromatic N) is 4. The van der Waals surface area contributed by atoms with Crippen molar-refractivity contribution in [3.05, 3.63) is 70.5 Å². The number of rotatable bonds is 3. The number of benzene rings is 1. The van der Waals surface area contributed by atoms with Crippen molar-refractivity contribution < 1.29 is 4.92 Å². The van der Waals surface area contributed by atoms with Gasteiger partial charge in [0.1, 0.15) is 5.82 Å². The Balaban J connectivity index is 1.72. The van der Waals surface area contributed by atoms with E-state index in [4.69, 9.17) is 4.98 Å². The zero-order valence-corrected chi connectivity index (χ0v) is 13.9. The first-order valence-electron chi connectivity index (χ1n) is 8.33. The minimum atomic E-state index is -0.381. The van der Waals surface area contributed by atoms with Gasteiger partial charge in [-0.05, 0) is 42.2 Å². The maximum atomic E-state index is 10.9. The van der Waals surface area contributed by atoms with Crippen molar-refractivity contribution in [1.29, 1.82) is 0 Å². The molecule has 4 rings (SSSR count). The molecule has 3 heterocycles. The van der Waals surface area contributed by atoms with Crippen LogP contribution in [-0.4, -0.2) is 21.4 Å². The quantitative estimate of drug-likeness (QED) is 0.532. The lowest BCUT2D eigenvalue weighted by Crippen LogP contribution is -2.24. The Labute approximate surface area is 145 Å². The Morgan fingerprint density at radius 1 is 1.24 bits per heavy atom. The number of hydrogen-bond acceptors (Lipinski definition) is 5. The van der Waals surface area contributed by atoms with Crippen LogP contribution in [0.5, 0.6) is 0 Å². The number of aromatic nitrogens is 2. The molecule has 2 atom stereocenters. The molecule has 1 aliphatic rings. The molecule has 0 spiro atoms. The van der Waals surface area contributed by atoms with Crippen molar-refractivity contribution in [3.63, 3.8) is 0 Å². The Morgan fingerprint density at radius 2 is 2.12 bits per heavy atom. The zero-order valence-electron chi connectivity index (χ0n) is 13.9. The van der Waals surface area contributed by atoms with Gasteiger partial charge in [-0.3, -0.25) is 15.1 Å². The zero-order chi connectivity index (χ0) is 17.4. The second kappa shape index (κ2) is 6.12. The third-order valence-electron chi connectivity index (χ3n) is 4.74. The van der Waals surface area contributed by atoms with Crippen molar-refractivity contribution in [1.82, 2.24) is 9.97 Å². The van der Waals surface area contributed by atoms with Gasteiger partial charge in [-0.15, -0.1) is 0 Å². The molecule has 3 aromatic rings. The van der Waals surface area contributed by atoms with Crippen molar-refractivity contribution in [2.24, 2.45) is 5.92 Å². The fourth-order valence-electron chi connectivity index (χ4n) is 3.56. The van der Waals surface area contributed by atoms with Crippen LogP contribution in [0.25, 0.3) is 10.9 Å². The lowest BCUT2D eigenvalue weighted by Gasteiger charge is -2.26. The third-order valence-corrected chi connectivity index (χ3v) is 4.74. The molecule has 6 nitrogen and oxygen atoms in total. The van der Waals surface area contributed by atoms with Crippen molar-refractivity contribution in [2.45, 2.75) is 19.4 Å². The summed E-state index contributed by atoms with van der Waals surface area (Å²) in [6.45, 7) is 3.18. The van der Waals surface area contributed by atoms with Crippen LogP contribution in [-0.2, 0) is 0 Å². The van der Waals surface area contributed by atoms with Crippen molar-refractivity contribution in [2.75, 3.05) is 11.4 Å². The molecule has 0 radical (unpaired) electrons. The molecule has 2 unspecified atom stereocenters. The van der Waals surface area contributed by atoms with Gasteiger partial charge in [-0.2, -0.15) is 0 Å². The predicted octanol–water partition coefficient (Wildman–Crippen LogP) is 4.13. The number of fused-ring (bicyclic) bond motifs is 1. The van der Waals surface area contributed by atoms with E-state index in [9.17, 15) is 10.1 Å². The number of anilines is 1. The van der Waals surface area contributed by atoms with E-state index < -0.39 is 0 Å². The molecular weight excluding hydrogens is 316 g/mol. The Morgan fingerprint density at radius 3 is 2.88 bits per heavy atom. The maximum Gasteiger partial charge on any atom is 0.270 e. The van der Waals surface area contributed by atoms with Gasteiger partial charge in [0.25, 0.3) is 5.69 Å². The molecule has 1 aromatic carbocycles. The SMILES string of the molecule is CC1CC(c2cccnc2)N(c2ccc3cc([N+](=O)[O-])ccc3n2)C1. The van der Waals surface area contributed by atoms with E-state index in [0.29, 0.717) is 5.92 Å². The number of nitro benzene ring substituents is 1. The van der Waals surface area contributed by atoms with E-state index in [1.807, 2.05) is 24.4 Å². The van der Waals surface area contributed by atoms with Crippen LogP contribution in [0.2, 0.25) is 0 Å². The molecular formula is C19H18N4O2. The lowest BCUT2D eigenvalue weighted by molar-refractivity contribution is -0.384. The normalized spacial score (nSPS) is 20.1. The molecule has 0 N–H and O–H groups in total. The smallest absolute Gasteiger partial charge is 0.270 e. The molecule has 126 valence electrons. The van der Waals surface area contributed by atoms with Gasteiger partial charge in [0.2, 0.25) is 0 Å². The average molecular weight is 334 g/mol. The number of non-ortho nitro benzene ring substituents is 1. The number of pyridine rings is 2. The molecule has 0 amide bonds. The molecule has 2 aromatic heterocycles. The molecule has 0 aliphatic carbocycles. The number of nitro groups is 1. The molecule has 25 heavy (non-hydrogen) atoms. The summed E-state index contributed by atoms with van der Waals surface area (Å²) in [6.07, 6.45) is 4.76. The summed E-state index contributed by atoms with van der Waals surface area (Å²) in [6, 6.07) is 13.0. The molecule has 1 saturated heterocycles.